The van der Waals surface area contributed by atoms with Gasteiger partial charge in [0.15, 0.2) is 0 Å². The quantitative estimate of drug-likeness (QED) is 0.341. The summed E-state index contributed by atoms with van der Waals surface area (Å²) in [5.41, 5.74) is -1.30. The van der Waals surface area contributed by atoms with Crippen LogP contribution in [0.4, 0.5) is 26.3 Å². The van der Waals surface area contributed by atoms with E-state index >= 15 is 0 Å². The van der Waals surface area contributed by atoms with Gasteiger partial charge in [0.1, 0.15) is 0 Å². The molecule has 1 atom stereocenters. The van der Waals surface area contributed by atoms with Gasteiger partial charge in [-0.15, -0.1) is 0 Å². The first-order chi connectivity index (χ1) is 16.9. The van der Waals surface area contributed by atoms with Crippen molar-refractivity contribution in [3.8, 4) is 0 Å². The number of alkyl halides is 6. The molecule has 0 radical (unpaired) electrons. The van der Waals surface area contributed by atoms with E-state index in [0.717, 1.165) is 22.9 Å². The van der Waals surface area contributed by atoms with Crippen molar-refractivity contribution in [2.75, 3.05) is 26.0 Å². The minimum absolute atomic E-state index is 0.0250. The Hall–Kier alpha value is -2.60. The van der Waals surface area contributed by atoms with Crippen molar-refractivity contribution in [3.05, 3.63) is 69.8 Å². The zero-order valence-corrected chi connectivity index (χ0v) is 21.3. The van der Waals surface area contributed by atoms with E-state index in [1.165, 1.54) is 4.90 Å². The minimum Gasteiger partial charge on any atom is -0.341 e. The van der Waals surface area contributed by atoms with Gasteiger partial charge in [-0.25, -0.2) is 0 Å². The third-order valence-electron chi connectivity index (χ3n) is 6.55. The van der Waals surface area contributed by atoms with E-state index in [1.54, 1.807) is 0 Å². The zero-order chi connectivity index (χ0) is 27.8. The molecule has 1 aliphatic rings. The number of rotatable bonds is 7. The van der Waals surface area contributed by atoms with Crippen LogP contribution in [0.2, 0.25) is 0 Å². The van der Waals surface area contributed by atoms with Crippen molar-refractivity contribution >= 4 is 16.0 Å². The van der Waals surface area contributed by atoms with Crippen LogP contribution in [-0.4, -0.2) is 45.2 Å². The first-order valence-corrected chi connectivity index (χ1v) is 13.2. The summed E-state index contributed by atoms with van der Waals surface area (Å²) in [7, 11) is -3.71. The average molecular weight is 552 g/mol. The van der Waals surface area contributed by atoms with Crippen molar-refractivity contribution in [2.45, 2.75) is 50.9 Å². The monoisotopic (exact) mass is 551 g/mol. The van der Waals surface area contributed by atoms with E-state index < -0.39 is 56.9 Å². The Morgan fingerprint density at radius 2 is 1.59 bits per heavy atom. The van der Waals surface area contributed by atoms with Gasteiger partial charge >= 0.3 is 12.4 Å². The maximum atomic E-state index is 13.2. The molecule has 0 spiro atoms. The fraction of sp³-hybridized carbons (Fsp3) is 0.480. The summed E-state index contributed by atoms with van der Waals surface area (Å²) < 4.78 is 107. The summed E-state index contributed by atoms with van der Waals surface area (Å²) in [6.45, 7) is 3.94. The zero-order valence-electron chi connectivity index (χ0n) is 20.5. The average Bonchev–Trinajstić information content (AvgIpc) is 3.18. The highest BCUT2D eigenvalue weighted by Crippen LogP contribution is 2.41. The summed E-state index contributed by atoms with van der Waals surface area (Å²) in [4.78, 5) is 14.5. The first-order valence-electron chi connectivity index (χ1n) is 11.4. The molecule has 0 aromatic heterocycles. The predicted molar refractivity (Wildman–Crippen MR) is 124 cm³/mol. The van der Waals surface area contributed by atoms with Gasteiger partial charge in [0, 0.05) is 18.5 Å². The molecule has 2 aromatic rings. The molecule has 12 heteroatoms. The third kappa shape index (κ3) is 7.25. The lowest BCUT2D eigenvalue weighted by molar-refractivity contribution is -0.143. The van der Waals surface area contributed by atoms with Crippen molar-refractivity contribution in [2.24, 2.45) is 0 Å². The molecule has 0 aliphatic carbocycles. The molecule has 3 rings (SSSR count). The fourth-order valence-corrected chi connectivity index (χ4v) is 5.13. The maximum absolute atomic E-state index is 13.2. The molecule has 1 saturated heterocycles. The number of halogens is 6. The van der Waals surface area contributed by atoms with Crippen LogP contribution in [0, 0.1) is 13.8 Å². The van der Waals surface area contributed by atoms with Crippen LogP contribution >= 0.6 is 0 Å². The number of carbonyl (C=O) groups is 1. The lowest BCUT2D eigenvalue weighted by atomic mass is 9.74. The van der Waals surface area contributed by atoms with Gasteiger partial charge < -0.3 is 4.90 Å². The predicted octanol–water partition coefficient (Wildman–Crippen LogP) is 5.42. The van der Waals surface area contributed by atoms with Gasteiger partial charge in [0.05, 0.1) is 30.4 Å². The molecule has 0 N–H and O–H groups in total. The molecule has 37 heavy (non-hydrogen) atoms. The second kappa shape index (κ2) is 10.3. The van der Waals surface area contributed by atoms with Crippen LogP contribution in [0.5, 0.6) is 0 Å². The number of benzene rings is 2. The smallest absolute Gasteiger partial charge is 0.341 e. The second-order valence-electron chi connectivity index (χ2n) is 9.53. The van der Waals surface area contributed by atoms with E-state index in [2.05, 4.69) is 0 Å². The lowest BCUT2D eigenvalue weighted by Gasteiger charge is -2.32. The van der Waals surface area contributed by atoms with Crippen LogP contribution in [0.3, 0.4) is 0 Å². The highest BCUT2D eigenvalue weighted by Gasteiger charge is 2.42. The molecule has 5 nitrogen and oxygen atoms in total. The Morgan fingerprint density at radius 1 is 1.00 bits per heavy atom. The number of hydrogen-bond donors (Lipinski definition) is 0. The molecular weight excluding hydrogens is 524 g/mol. The van der Waals surface area contributed by atoms with Crippen molar-refractivity contribution in [1.82, 2.24) is 4.90 Å². The van der Waals surface area contributed by atoms with E-state index in [1.807, 2.05) is 32.0 Å². The summed E-state index contributed by atoms with van der Waals surface area (Å²) in [6, 6.07) is 6.88. The molecule has 1 amide bonds. The molecule has 1 aliphatic heterocycles. The Morgan fingerprint density at radius 3 is 2.14 bits per heavy atom. The number of likely N-dealkylation sites (tertiary alicyclic amines) is 1. The van der Waals surface area contributed by atoms with E-state index in [-0.39, 0.29) is 32.2 Å². The highest BCUT2D eigenvalue weighted by atomic mass is 32.2. The third-order valence-corrected chi connectivity index (χ3v) is 7.15. The van der Waals surface area contributed by atoms with Gasteiger partial charge in [0.2, 0.25) is 5.91 Å². The Bertz CT molecular complexity index is 1240. The highest BCUT2D eigenvalue weighted by molar-refractivity contribution is 7.85. The molecule has 2 aromatic carbocycles. The lowest BCUT2D eigenvalue weighted by Crippen LogP contribution is -2.37. The van der Waals surface area contributed by atoms with Gasteiger partial charge in [-0.3, -0.25) is 8.98 Å². The molecule has 1 heterocycles. The molecule has 1 fully saturated rings. The summed E-state index contributed by atoms with van der Waals surface area (Å²) in [5, 5.41) is 0. The number of amides is 1. The summed E-state index contributed by atoms with van der Waals surface area (Å²) in [5.74, 6) is -0.622. The summed E-state index contributed by atoms with van der Waals surface area (Å²) >= 11 is 0. The first kappa shape index (κ1) is 29.0. The number of hydrogen-bond acceptors (Lipinski definition) is 4. The van der Waals surface area contributed by atoms with Crippen LogP contribution in [0.25, 0.3) is 0 Å². The molecular formula is C25H27F6NO4S. The van der Waals surface area contributed by atoms with Crippen LogP contribution < -0.4 is 0 Å². The Labute approximate surface area is 211 Å². The Balaban J connectivity index is 1.89. The maximum Gasteiger partial charge on any atom is 0.416 e. The standard InChI is InChI=1S/C25H27F6NO4S/c1-16-4-5-17(2)21(10-16)23(7-9-36-37(3,34)35)6-8-32(15-23)22(33)13-18-11-19(24(26,27)28)14-20(12-18)25(29,30)31/h4-5,10-12,14H,6-9,13,15H2,1-3H3/t23-/m1/s1. The normalized spacial score (nSPS) is 18.9. The number of nitrogens with zero attached hydrogens (tertiary/aromatic N) is 1. The number of aryl methyl sites for hydroxylation is 2. The van der Waals surface area contributed by atoms with Gasteiger partial charge in [0.25, 0.3) is 10.1 Å². The second-order valence-corrected chi connectivity index (χ2v) is 11.2. The van der Waals surface area contributed by atoms with Crippen molar-refractivity contribution in [1.29, 1.82) is 0 Å². The fourth-order valence-electron chi connectivity index (χ4n) is 4.75. The van der Waals surface area contributed by atoms with Crippen LogP contribution in [0.15, 0.2) is 36.4 Å². The minimum atomic E-state index is -5.01. The number of carbonyl (C=O) groups excluding carboxylic acids is 1. The molecule has 0 bridgehead atoms. The molecule has 204 valence electrons. The van der Waals surface area contributed by atoms with E-state index in [0.29, 0.717) is 18.6 Å². The van der Waals surface area contributed by atoms with Crippen LogP contribution in [-0.2, 0) is 43.3 Å². The van der Waals surface area contributed by atoms with E-state index in [4.69, 9.17) is 4.18 Å². The topological polar surface area (TPSA) is 63.7 Å². The SMILES string of the molecule is Cc1ccc(C)c([C@@]2(CCOS(C)(=O)=O)CCN(C(=O)Cc3cc(C(F)(F)F)cc(C(F)(F)F)c3)C2)c1. The van der Waals surface area contributed by atoms with Crippen molar-refractivity contribution < 1.29 is 43.7 Å². The van der Waals surface area contributed by atoms with Crippen molar-refractivity contribution in [3.63, 3.8) is 0 Å². The van der Waals surface area contributed by atoms with Gasteiger partial charge in [-0.1, -0.05) is 23.8 Å². The molecule has 0 saturated carbocycles. The van der Waals surface area contributed by atoms with Crippen LogP contribution in [0.1, 0.15) is 46.2 Å². The van der Waals surface area contributed by atoms with Gasteiger partial charge in [-0.05, 0) is 61.6 Å². The molecule has 0 unspecified atom stereocenters. The van der Waals surface area contributed by atoms with Gasteiger partial charge in [-0.2, -0.15) is 34.8 Å². The van der Waals surface area contributed by atoms with E-state index in [9.17, 15) is 39.6 Å². The largest absolute Gasteiger partial charge is 0.416 e. The summed E-state index contributed by atoms with van der Waals surface area (Å²) in [6.07, 6.45) is -9.07. The Kier molecular flexibility index (Phi) is 8.05.